The van der Waals surface area contributed by atoms with Crippen LogP contribution < -0.4 is 0 Å². The maximum absolute atomic E-state index is 9.20. The fourth-order valence-corrected chi connectivity index (χ4v) is 5.86. The van der Waals surface area contributed by atoms with Crippen molar-refractivity contribution in [2.24, 2.45) is 23.7 Å². The van der Waals surface area contributed by atoms with Crippen LogP contribution in [0.5, 0.6) is 0 Å². The van der Waals surface area contributed by atoms with Crippen LogP contribution in [0.25, 0.3) is 0 Å². The van der Waals surface area contributed by atoms with E-state index in [4.69, 9.17) is 4.74 Å². The summed E-state index contributed by atoms with van der Waals surface area (Å²) in [4.78, 5) is 0. The molecule has 0 saturated heterocycles. The van der Waals surface area contributed by atoms with E-state index in [1.165, 1.54) is 96.3 Å². The Kier molecular flexibility index (Phi) is 13.6. The molecule has 2 aliphatic rings. The number of rotatable bonds is 15. The molecule has 2 rings (SSSR count). The third-order valence-corrected chi connectivity index (χ3v) is 7.83. The molecule has 2 saturated carbocycles. The van der Waals surface area contributed by atoms with Crippen LogP contribution in [0, 0.1) is 23.7 Å². The van der Waals surface area contributed by atoms with E-state index in [2.05, 4.69) is 6.92 Å². The minimum atomic E-state index is 0.254. The van der Waals surface area contributed by atoms with Gasteiger partial charge >= 0.3 is 0 Å². The molecule has 3 nitrogen and oxygen atoms in total. The van der Waals surface area contributed by atoms with Crippen molar-refractivity contribution in [2.75, 3.05) is 19.8 Å². The topological polar surface area (TPSA) is 49.7 Å². The van der Waals surface area contributed by atoms with Crippen LogP contribution in [-0.4, -0.2) is 36.1 Å². The van der Waals surface area contributed by atoms with E-state index in [-0.39, 0.29) is 13.2 Å². The van der Waals surface area contributed by atoms with Crippen molar-refractivity contribution >= 4 is 0 Å². The van der Waals surface area contributed by atoms with E-state index >= 15 is 0 Å². The lowest BCUT2D eigenvalue weighted by molar-refractivity contribution is 0.0109. The maximum atomic E-state index is 9.20. The molecule has 0 spiro atoms. The van der Waals surface area contributed by atoms with E-state index in [0.717, 1.165) is 37.2 Å². The van der Waals surface area contributed by atoms with Gasteiger partial charge in [-0.2, -0.15) is 0 Å². The zero-order valence-corrected chi connectivity index (χ0v) is 19.3. The highest BCUT2D eigenvalue weighted by atomic mass is 16.5. The average Bonchev–Trinajstić information content (AvgIpc) is 2.74. The van der Waals surface area contributed by atoms with Gasteiger partial charge in [-0.25, -0.2) is 0 Å². The van der Waals surface area contributed by atoms with E-state index in [9.17, 15) is 10.2 Å². The normalized spacial score (nSPS) is 28.1. The highest BCUT2D eigenvalue weighted by Gasteiger charge is 2.24. The van der Waals surface area contributed by atoms with Gasteiger partial charge in [0, 0.05) is 19.8 Å². The summed E-state index contributed by atoms with van der Waals surface area (Å²) in [7, 11) is 0. The molecule has 2 N–H and O–H groups in total. The summed E-state index contributed by atoms with van der Waals surface area (Å²) in [5.74, 6) is 3.25. The molecule has 0 bridgehead atoms. The second kappa shape index (κ2) is 15.6. The quantitative estimate of drug-likeness (QED) is 0.303. The molecule has 2 fully saturated rings. The fraction of sp³-hybridized carbons (Fsp3) is 1.00. The Morgan fingerprint density at radius 2 is 1.28 bits per heavy atom. The van der Waals surface area contributed by atoms with Crippen LogP contribution in [0.1, 0.15) is 116 Å². The largest absolute Gasteiger partial charge is 0.396 e. The first-order chi connectivity index (χ1) is 14.2. The molecule has 3 heteroatoms. The first-order valence-electron chi connectivity index (χ1n) is 13.1. The van der Waals surface area contributed by atoms with Gasteiger partial charge in [0.1, 0.15) is 0 Å². The molecule has 0 aromatic carbocycles. The number of hydrogen-bond acceptors (Lipinski definition) is 3. The second-order valence-corrected chi connectivity index (χ2v) is 10.2. The Morgan fingerprint density at radius 1 is 0.724 bits per heavy atom. The zero-order valence-electron chi connectivity index (χ0n) is 19.3. The van der Waals surface area contributed by atoms with Crippen LogP contribution in [0.4, 0.5) is 0 Å². The number of aliphatic hydroxyl groups excluding tert-OH is 2. The minimum Gasteiger partial charge on any atom is -0.396 e. The van der Waals surface area contributed by atoms with Crippen molar-refractivity contribution < 1.29 is 14.9 Å². The first-order valence-corrected chi connectivity index (χ1v) is 13.1. The summed E-state index contributed by atoms with van der Waals surface area (Å²) >= 11 is 0. The third-order valence-electron chi connectivity index (χ3n) is 7.83. The molecule has 0 aliphatic heterocycles. The number of hydrogen-bond donors (Lipinski definition) is 2. The predicted octanol–water partition coefficient (Wildman–Crippen LogP) is 6.50. The summed E-state index contributed by atoms with van der Waals surface area (Å²) in [6.07, 6.45) is 22.5. The molecule has 29 heavy (non-hydrogen) atoms. The van der Waals surface area contributed by atoms with Gasteiger partial charge in [-0.05, 0) is 81.5 Å². The number of ether oxygens (including phenoxy) is 1. The average molecular weight is 411 g/mol. The number of unbranched alkanes of at least 4 members (excludes halogenated alkanes) is 2. The van der Waals surface area contributed by atoms with Gasteiger partial charge in [0.2, 0.25) is 0 Å². The molecular weight excluding hydrogens is 360 g/mol. The molecular formula is C26H50O3. The van der Waals surface area contributed by atoms with Crippen molar-refractivity contribution in [2.45, 2.75) is 122 Å². The Morgan fingerprint density at radius 3 is 1.83 bits per heavy atom. The Balaban J connectivity index is 1.48. The van der Waals surface area contributed by atoms with Crippen molar-refractivity contribution in [3.63, 3.8) is 0 Å². The van der Waals surface area contributed by atoms with Gasteiger partial charge in [-0.15, -0.1) is 0 Å². The Bertz CT molecular complexity index is 364. The predicted molar refractivity (Wildman–Crippen MR) is 122 cm³/mol. The van der Waals surface area contributed by atoms with Crippen molar-refractivity contribution in [3.05, 3.63) is 0 Å². The van der Waals surface area contributed by atoms with Gasteiger partial charge < -0.3 is 14.9 Å². The Hall–Kier alpha value is -0.120. The van der Waals surface area contributed by atoms with Crippen molar-refractivity contribution in [1.82, 2.24) is 0 Å². The second-order valence-electron chi connectivity index (χ2n) is 10.2. The van der Waals surface area contributed by atoms with Gasteiger partial charge in [-0.3, -0.25) is 0 Å². The summed E-state index contributed by atoms with van der Waals surface area (Å²) in [5, 5.41) is 18.4. The fourth-order valence-electron chi connectivity index (χ4n) is 5.86. The first kappa shape index (κ1) is 25.1. The molecule has 0 heterocycles. The lowest BCUT2D eigenvalue weighted by atomic mass is 9.78. The molecule has 2 aliphatic carbocycles. The van der Waals surface area contributed by atoms with Crippen molar-refractivity contribution in [3.8, 4) is 0 Å². The van der Waals surface area contributed by atoms with Gasteiger partial charge in [0.05, 0.1) is 6.10 Å². The van der Waals surface area contributed by atoms with Gasteiger partial charge in [0.15, 0.2) is 0 Å². The molecule has 0 aromatic heterocycles. The van der Waals surface area contributed by atoms with Gasteiger partial charge in [-0.1, -0.05) is 58.3 Å². The lowest BCUT2D eigenvalue weighted by Gasteiger charge is -2.31. The number of aliphatic hydroxyl groups is 2. The van der Waals surface area contributed by atoms with E-state index in [1.54, 1.807) is 0 Å². The summed E-state index contributed by atoms with van der Waals surface area (Å²) in [6, 6.07) is 0. The SMILES string of the molecule is CCCCCC1CCC(CCCOC2CCC(CC(CCO)CCO)CC2)CC1. The molecule has 0 atom stereocenters. The smallest absolute Gasteiger partial charge is 0.0575 e. The monoisotopic (exact) mass is 410 g/mol. The van der Waals surface area contributed by atoms with Crippen molar-refractivity contribution in [1.29, 1.82) is 0 Å². The highest BCUT2D eigenvalue weighted by Crippen LogP contribution is 2.35. The highest BCUT2D eigenvalue weighted by molar-refractivity contribution is 4.76. The van der Waals surface area contributed by atoms with E-state index < -0.39 is 0 Å². The summed E-state index contributed by atoms with van der Waals surface area (Å²) < 4.78 is 6.23. The van der Waals surface area contributed by atoms with E-state index in [1.807, 2.05) is 0 Å². The summed E-state index contributed by atoms with van der Waals surface area (Å²) in [6.45, 7) is 3.77. The Labute approximate surface area is 181 Å². The minimum absolute atomic E-state index is 0.254. The van der Waals surface area contributed by atoms with Crippen LogP contribution in [0.3, 0.4) is 0 Å². The third kappa shape index (κ3) is 10.6. The van der Waals surface area contributed by atoms with Crippen LogP contribution in [0.15, 0.2) is 0 Å². The standard InChI is InChI=1S/C26H50O3/c1-2-3-4-6-22-8-10-23(11-9-22)7-5-20-29-26-14-12-24(13-15-26)21-25(16-18-27)17-19-28/h22-28H,2-21H2,1H3. The summed E-state index contributed by atoms with van der Waals surface area (Å²) in [5.41, 5.74) is 0. The molecule has 0 radical (unpaired) electrons. The molecule has 0 amide bonds. The zero-order chi connectivity index (χ0) is 20.7. The molecule has 172 valence electrons. The molecule has 0 aromatic rings. The van der Waals surface area contributed by atoms with Crippen LogP contribution in [-0.2, 0) is 4.74 Å². The molecule has 0 unspecified atom stereocenters. The van der Waals surface area contributed by atoms with E-state index in [0.29, 0.717) is 12.0 Å². The maximum Gasteiger partial charge on any atom is 0.0575 e. The van der Waals surface area contributed by atoms with Crippen LogP contribution in [0.2, 0.25) is 0 Å². The lowest BCUT2D eigenvalue weighted by Crippen LogP contribution is -2.24. The van der Waals surface area contributed by atoms with Gasteiger partial charge in [0.25, 0.3) is 0 Å². The van der Waals surface area contributed by atoms with Crippen LogP contribution >= 0.6 is 0 Å².